The van der Waals surface area contributed by atoms with Crippen LogP contribution in [0.1, 0.15) is 43.5 Å². The van der Waals surface area contributed by atoms with Gasteiger partial charge in [0.05, 0.1) is 25.4 Å². The number of benzene rings is 1. The Balaban J connectivity index is 1.76. The third-order valence-electron chi connectivity index (χ3n) is 5.15. The fourth-order valence-electron chi connectivity index (χ4n) is 3.33. The maximum atomic E-state index is 13.3. The lowest BCUT2D eigenvalue weighted by Crippen LogP contribution is -2.56. The Kier molecular flexibility index (Phi) is 6.29. The summed E-state index contributed by atoms with van der Waals surface area (Å²) in [4.78, 5) is 26.4. The van der Waals surface area contributed by atoms with Crippen LogP contribution in [-0.4, -0.2) is 50.5 Å². The van der Waals surface area contributed by atoms with Crippen LogP contribution in [0.5, 0.6) is 5.75 Å². The minimum atomic E-state index is -2.69. The molecule has 6 nitrogen and oxygen atoms in total. The van der Waals surface area contributed by atoms with Crippen LogP contribution in [0.15, 0.2) is 18.2 Å². The average Bonchev–Trinajstić information content (AvgIpc) is 3.47. The smallest absolute Gasteiger partial charge is 0.282 e. The van der Waals surface area contributed by atoms with Crippen molar-refractivity contribution in [3.63, 3.8) is 0 Å². The highest BCUT2D eigenvalue weighted by molar-refractivity contribution is 5.98. The van der Waals surface area contributed by atoms with Crippen molar-refractivity contribution in [2.24, 2.45) is 11.8 Å². The van der Waals surface area contributed by atoms with E-state index in [2.05, 4.69) is 10.6 Å². The number of carbonyl (C=O) groups is 2. The van der Waals surface area contributed by atoms with Crippen molar-refractivity contribution in [3.05, 3.63) is 23.8 Å². The van der Waals surface area contributed by atoms with Crippen molar-refractivity contribution in [1.82, 2.24) is 10.6 Å². The standard InChI is InChI=1S/C21H29F2N3O3/c1-13(2)8-16(20(28)24-3)25-19(27)15-6-7-17(26-11-21(22,23)12-26)18(9-15)29-10-14-4-5-14/h6-7,9,13-14,16H,4-5,8,10-12H2,1-3H3,(H,24,28)(H,25,27). The van der Waals surface area contributed by atoms with E-state index in [1.807, 2.05) is 13.8 Å². The fourth-order valence-corrected chi connectivity index (χ4v) is 3.33. The lowest BCUT2D eigenvalue weighted by atomic mass is 10.0. The molecule has 1 aromatic carbocycles. The van der Waals surface area contributed by atoms with Crippen molar-refractivity contribution >= 4 is 17.5 Å². The maximum Gasteiger partial charge on any atom is 0.282 e. The minimum absolute atomic E-state index is 0.227. The summed E-state index contributed by atoms with van der Waals surface area (Å²) in [5.41, 5.74) is 0.905. The summed E-state index contributed by atoms with van der Waals surface area (Å²) in [7, 11) is 1.53. The van der Waals surface area contributed by atoms with E-state index in [9.17, 15) is 18.4 Å². The van der Waals surface area contributed by atoms with E-state index >= 15 is 0 Å². The number of amides is 2. The Morgan fingerprint density at radius 2 is 1.97 bits per heavy atom. The molecule has 0 aromatic heterocycles. The first kappa shape index (κ1) is 21.3. The van der Waals surface area contributed by atoms with Crippen LogP contribution in [0.3, 0.4) is 0 Å². The van der Waals surface area contributed by atoms with Crippen LogP contribution in [0.25, 0.3) is 0 Å². The highest BCUT2D eigenvalue weighted by atomic mass is 19.3. The first-order valence-corrected chi connectivity index (χ1v) is 10.1. The number of hydrogen-bond acceptors (Lipinski definition) is 4. The molecule has 0 spiro atoms. The number of carbonyl (C=O) groups excluding carboxylic acids is 2. The second kappa shape index (κ2) is 8.55. The molecule has 2 aliphatic rings. The van der Waals surface area contributed by atoms with Gasteiger partial charge in [-0.15, -0.1) is 0 Å². The molecule has 1 unspecified atom stereocenters. The van der Waals surface area contributed by atoms with Gasteiger partial charge in [-0.25, -0.2) is 8.78 Å². The number of hydrogen-bond donors (Lipinski definition) is 2. The van der Waals surface area contributed by atoms with Crippen LogP contribution < -0.4 is 20.3 Å². The summed E-state index contributed by atoms with van der Waals surface area (Å²) >= 11 is 0. The van der Waals surface area contributed by atoms with E-state index in [-0.39, 0.29) is 24.9 Å². The zero-order chi connectivity index (χ0) is 21.2. The molecule has 1 aromatic rings. The van der Waals surface area contributed by atoms with Gasteiger partial charge < -0.3 is 20.3 Å². The fraction of sp³-hybridized carbons (Fsp3) is 0.619. The highest BCUT2D eigenvalue weighted by Gasteiger charge is 2.45. The maximum absolute atomic E-state index is 13.3. The molecule has 1 saturated carbocycles. The van der Waals surface area contributed by atoms with E-state index in [4.69, 9.17) is 4.74 Å². The SMILES string of the molecule is CNC(=O)C(CC(C)C)NC(=O)c1ccc(N2CC(F)(F)C2)c(OCC2CC2)c1. The Bertz CT molecular complexity index is 758. The Morgan fingerprint density at radius 3 is 2.52 bits per heavy atom. The monoisotopic (exact) mass is 409 g/mol. The molecule has 1 saturated heterocycles. The largest absolute Gasteiger partial charge is 0.491 e. The van der Waals surface area contributed by atoms with E-state index in [1.54, 1.807) is 23.1 Å². The Labute approximate surface area is 170 Å². The van der Waals surface area contributed by atoms with Crippen molar-refractivity contribution in [3.8, 4) is 5.75 Å². The molecule has 1 aliphatic carbocycles. The molecule has 8 heteroatoms. The average molecular weight is 409 g/mol. The summed E-state index contributed by atoms with van der Waals surface area (Å²) in [6, 6.07) is 4.17. The summed E-state index contributed by atoms with van der Waals surface area (Å²) < 4.78 is 32.5. The second-order valence-electron chi connectivity index (χ2n) is 8.42. The van der Waals surface area contributed by atoms with Gasteiger partial charge in [0.2, 0.25) is 5.91 Å². The van der Waals surface area contributed by atoms with E-state index in [0.717, 1.165) is 12.8 Å². The van der Waals surface area contributed by atoms with Crippen LogP contribution in [0, 0.1) is 11.8 Å². The van der Waals surface area contributed by atoms with Gasteiger partial charge in [0.1, 0.15) is 11.8 Å². The molecular formula is C21H29F2N3O3. The molecule has 3 rings (SSSR count). The van der Waals surface area contributed by atoms with Crippen LogP contribution in [0.2, 0.25) is 0 Å². The zero-order valence-corrected chi connectivity index (χ0v) is 17.1. The Morgan fingerprint density at radius 1 is 1.28 bits per heavy atom. The van der Waals surface area contributed by atoms with E-state index in [0.29, 0.717) is 35.9 Å². The molecule has 1 heterocycles. The first-order chi connectivity index (χ1) is 13.7. The van der Waals surface area contributed by atoms with Gasteiger partial charge in [-0.1, -0.05) is 13.8 Å². The third kappa shape index (κ3) is 5.58. The minimum Gasteiger partial charge on any atom is -0.491 e. The molecule has 1 aliphatic heterocycles. The molecule has 2 N–H and O–H groups in total. The summed E-state index contributed by atoms with van der Waals surface area (Å²) in [6.07, 6.45) is 2.71. The number of ether oxygens (including phenoxy) is 1. The number of nitrogens with zero attached hydrogens (tertiary/aromatic N) is 1. The molecule has 0 bridgehead atoms. The summed E-state index contributed by atoms with van der Waals surface area (Å²) in [5.74, 6) is -2.19. The summed E-state index contributed by atoms with van der Waals surface area (Å²) in [5, 5.41) is 5.34. The number of nitrogens with one attached hydrogen (secondary N) is 2. The van der Waals surface area contributed by atoms with Gasteiger partial charge in [0, 0.05) is 12.6 Å². The number of rotatable bonds is 9. The topological polar surface area (TPSA) is 70.7 Å². The molecule has 2 amide bonds. The number of alkyl halides is 2. The number of halogens is 2. The lowest BCUT2D eigenvalue weighted by Gasteiger charge is -2.41. The normalized spacial score (nSPS) is 18.8. The van der Waals surface area contributed by atoms with Gasteiger partial charge in [-0.3, -0.25) is 9.59 Å². The third-order valence-corrected chi connectivity index (χ3v) is 5.15. The van der Waals surface area contributed by atoms with E-state index in [1.165, 1.54) is 7.05 Å². The first-order valence-electron chi connectivity index (χ1n) is 10.1. The van der Waals surface area contributed by atoms with Crippen molar-refractivity contribution in [2.45, 2.75) is 45.1 Å². The van der Waals surface area contributed by atoms with Gasteiger partial charge in [0.15, 0.2) is 0 Å². The quantitative estimate of drug-likeness (QED) is 0.658. The lowest BCUT2D eigenvalue weighted by molar-refractivity contribution is -0.122. The van der Waals surface area contributed by atoms with Crippen LogP contribution in [-0.2, 0) is 4.79 Å². The predicted molar refractivity (Wildman–Crippen MR) is 107 cm³/mol. The van der Waals surface area contributed by atoms with Gasteiger partial charge in [0.25, 0.3) is 11.8 Å². The zero-order valence-electron chi connectivity index (χ0n) is 17.1. The van der Waals surface area contributed by atoms with E-state index < -0.39 is 17.9 Å². The highest BCUT2D eigenvalue weighted by Crippen LogP contribution is 2.39. The Hall–Kier alpha value is -2.38. The molecule has 0 radical (unpaired) electrons. The molecule has 1 atom stereocenters. The molecule has 29 heavy (non-hydrogen) atoms. The van der Waals surface area contributed by atoms with Crippen molar-refractivity contribution in [1.29, 1.82) is 0 Å². The second-order valence-corrected chi connectivity index (χ2v) is 8.42. The predicted octanol–water partition coefficient (Wildman–Crippen LogP) is 2.82. The van der Waals surface area contributed by atoms with Gasteiger partial charge in [-0.2, -0.15) is 0 Å². The van der Waals surface area contributed by atoms with Crippen molar-refractivity contribution < 1.29 is 23.1 Å². The summed E-state index contributed by atoms with van der Waals surface area (Å²) in [6.45, 7) is 3.75. The van der Waals surface area contributed by atoms with Crippen molar-refractivity contribution in [2.75, 3.05) is 31.6 Å². The van der Waals surface area contributed by atoms with Crippen LogP contribution in [0.4, 0.5) is 14.5 Å². The van der Waals surface area contributed by atoms with Gasteiger partial charge >= 0.3 is 0 Å². The molecule has 160 valence electrons. The van der Waals surface area contributed by atoms with Crippen LogP contribution >= 0.6 is 0 Å². The number of anilines is 1. The molecule has 2 fully saturated rings. The molecular weight excluding hydrogens is 380 g/mol. The van der Waals surface area contributed by atoms with Gasteiger partial charge in [-0.05, 0) is 49.3 Å². The number of likely N-dealkylation sites (N-methyl/N-ethyl adjacent to an activating group) is 1.